The Labute approximate surface area is 193 Å². The van der Waals surface area contributed by atoms with Gasteiger partial charge in [0, 0.05) is 18.4 Å². The number of hydrogen-bond acceptors (Lipinski definition) is 8. The van der Waals surface area contributed by atoms with Crippen molar-refractivity contribution >= 4 is 31.7 Å². The van der Waals surface area contributed by atoms with Crippen molar-refractivity contribution in [1.29, 1.82) is 0 Å². The van der Waals surface area contributed by atoms with Gasteiger partial charge < -0.3 is 4.74 Å². The van der Waals surface area contributed by atoms with Gasteiger partial charge in [-0.3, -0.25) is 14.8 Å². The normalized spacial score (nSPS) is 25.1. The molecule has 13 heteroatoms. The maximum Gasteiger partial charge on any atom is 0.262 e. The fourth-order valence-electron chi connectivity index (χ4n) is 4.97. The van der Waals surface area contributed by atoms with Crippen LogP contribution in [0.25, 0.3) is 0 Å². The molecule has 184 valence electrons. The third-order valence-corrected chi connectivity index (χ3v) is 10.1. The summed E-state index contributed by atoms with van der Waals surface area (Å²) in [5.41, 5.74) is -0.151. The second kappa shape index (κ2) is 8.95. The zero-order valence-electron chi connectivity index (χ0n) is 18.6. The molecule has 0 radical (unpaired) electrons. The van der Waals surface area contributed by atoms with Crippen molar-refractivity contribution in [2.75, 3.05) is 19.4 Å². The monoisotopic (exact) mass is 503 g/mol. The van der Waals surface area contributed by atoms with E-state index in [1.54, 1.807) is 0 Å². The Morgan fingerprint density at radius 1 is 1.21 bits per heavy atom. The molecule has 3 atom stereocenters. The molecule has 4 N–H and O–H groups in total. The Hall–Kier alpha value is -2.06. The number of benzene rings is 1. The van der Waals surface area contributed by atoms with Crippen molar-refractivity contribution < 1.29 is 36.4 Å². The van der Waals surface area contributed by atoms with Crippen LogP contribution in [0.3, 0.4) is 0 Å². The summed E-state index contributed by atoms with van der Waals surface area (Å²) in [5, 5.41) is 9.02. The quantitative estimate of drug-likeness (QED) is 0.259. The van der Waals surface area contributed by atoms with E-state index >= 15 is 0 Å². The largest absolute Gasteiger partial charge is 0.497 e. The van der Waals surface area contributed by atoms with E-state index in [1.807, 2.05) is 13.8 Å². The Morgan fingerprint density at radius 3 is 2.33 bits per heavy atom. The molecule has 0 saturated heterocycles. The lowest BCUT2D eigenvalue weighted by Crippen LogP contribution is -2.53. The van der Waals surface area contributed by atoms with Crippen molar-refractivity contribution in [1.82, 2.24) is 14.9 Å². The standard InChI is InChI=1S/C20H29N3O8S2/c1-19(2)13-8-9-20(19,17(24)10-13)12-32(27,28)21-11-16(18(25)22-26)23-33(29,30)15-6-4-14(31-3)5-7-15/h4-7,13,16,21,23,26H,8-12H2,1-3H3,(H,22,25). The van der Waals surface area contributed by atoms with Gasteiger partial charge in [0.15, 0.2) is 0 Å². The maximum absolute atomic E-state index is 12.9. The number of sulfonamides is 2. The van der Waals surface area contributed by atoms with Gasteiger partial charge in [-0.05, 0) is 48.4 Å². The van der Waals surface area contributed by atoms with Crippen molar-refractivity contribution in [3.8, 4) is 5.75 Å². The van der Waals surface area contributed by atoms with Gasteiger partial charge in [-0.15, -0.1) is 0 Å². The number of hydroxylamine groups is 1. The van der Waals surface area contributed by atoms with E-state index in [9.17, 15) is 26.4 Å². The van der Waals surface area contributed by atoms with Crippen molar-refractivity contribution in [2.24, 2.45) is 16.7 Å². The van der Waals surface area contributed by atoms with Crippen LogP contribution in [0.1, 0.15) is 33.1 Å². The van der Waals surface area contributed by atoms with E-state index in [0.717, 1.165) is 6.42 Å². The smallest absolute Gasteiger partial charge is 0.262 e. The van der Waals surface area contributed by atoms with Crippen LogP contribution in [-0.4, -0.2) is 59.2 Å². The van der Waals surface area contributed by atoms with E-state index in [1.165, 1.54) is 36.9 Å². The maximum atomic E-state index is 12.9. The first-order valence-electron chi connectivity index (χ1n) is 10.4. The number of amides is 1. The summed E-state index contributed by atoms with van der Waals surface area (Å²) in [7, 11) is -6.88. The van der Waals surface area contributed by atoms with E-state index in [2.05, 4.69) is 9.44 Å². The summed E-state index contributed by atoms with van der Waals surface area (Å²) in [5.74, 6) is -1.13. The predicted octanol–water partition coefficient (Wildman–Crippen LogP) is 0.162. The van der Waals surface area contributed by atoms with Crippen molar-refractivity contribution in [2.45, 2.75) is 44.0 Å². The van der Waals surface area contributed by atoms with Crippen LogP contribution in [0.5, 0.6) is 5.75 Å². The first-order chi connectivity index (χ1) is 15.3. The first-order valence-corrected chi connectivity index (χ1v) is 13.5. The molecule has 2 fully saturated rings. The third kappa shape index (κ3) is 4.78. The summed E-state index contributed by atoms with van der Waals surface area (Å²) in [6, 6.07) is 3.68. The molecule has 11 nitrogen and oxygen atoms in total. The van der Waals surface area contributed by atoms with E-state index in [0.29, 0.717) is 18.6 Å². The topological polar surface area (TPSA) is 168 Å². The van der Waals surface area contributed by atoms with E-state index in [4.69, 9.17) is 9.94 Å². The average molecular weight is 504 g/mol. The van der Waals surface area contributed by atoms with Crippen LogP contribution in [0.15, 0.2) is 29.2 Å². The summed E-state index contributed by atoms with van der Waals surface area (Å²) < 4.78 is 60.4. The number of carbonyl (C=O) groups excluding carboxylic acids is 2. The number of Topliss-reactive ketones (excluding diaryl/α,β-unsaturated/α-hetero) is 1. The highest BCUT2D eigenvalue weighted by atomic mass is 32.2. The zero-order valence-corrected chi connectivity index (χ0v) is 20.3. The van der Waals surface area contributed by atoms with Gasteiger partial charge >= 0.3 is 0 Å². The molecule has 0 aromatic heterocycles. The predicted molar refractivity (Wildman–Crippen MR) is 117 cm³/mol. The number of nitrogens with one attached hydrogen (secondary N) is 3. The Morgan fingerprint density at radius 2 is 1.85 bits per heavy atom. The molecule has 0 aliphatic heterocycles. The Bertz CT molecular complexity index is 1130. The van der Waals surface area contributed by atoms with Gasteiger partial charge in [-0.1, -0.05) is 13.8 Å². The Balaban J connectivity index is 1.74. The minimum atomic E-state index is -4.23. The molecule has 0 spiro atoms. The van der Waals surface area contributed by atoms with Crippen molar-refractivity contribution in [3.63, 3.8) is 0 Å². The average Bonchev–Trinajstić information content (AvgIpc) is 3.10. The lowest BCUT2D eigenvalue weighted by Gasteiger charge is -2.36. The van der Waals surface area contributed by atoms with Gasteiger partial charge in [0.2, 0.25) is 20.0 Å². The lowest BCUT2D eigenvalue weighted by atomic mass is 9.70. The number of ketones is 1. The van der Waals surface area contributed by atoms with E-state index in [-0.39, 0.29) is 16.6 Å². The second-order valence-corrected chi connectivity index (χ2v) is 12.6. The number of carbonyl (C=O) groups is 2. The molecule has 1 amide bonds. The minimum Gasteiger partial charge on any atom is -0.497 e. The van der Waals surface area contributed by atoms with Crippen LogP contribution < -0.4 is 19.7 Å². The molecule has 1 aromatic carbocycles. The van der Waals surface area contributed by atoms with Crippen LogP contribution in [0.4, 0.5) is 0 Å². The number of hydrogen-bond donors (Lipinski definition) is 4. The van der Waals surface area contributed by atoms with Gasteiger partial charge in [0.05, 0.1) is 17.8 Å². The van der Waals surface area contributed by atoms with Gasteiger partial charge in [-0.25, -0.2) is 27.0 Å². The molecular weight excluding hydrogens is 474 g/mol. The van der Waals surface area contributed by atoms with Gasteiger partial charge in [0.25, 0.3) is 5.91 Å². The number of ether oxygens (including phenoxy) is 1. The van der Waals surface area contributed by atoms with Crippen LogP contribution in [0, 0.1) is 16.7 Å². The van der Waals surface area contributed by atoms with Gasteiger partial charge in [0.1, 0.15) is 17.6 Å². The highest BCUT2D eigenvalue weighted by Gasteiger charge is 2.65. The summed E-state index contributed by atoms with van der Waals surface area (Å²) >= 11 is 0. The molecule has 2 aliphatic rings. The molecule has 0 heterocycles. The van der Waals surface area contributed by atoms with Crippen LogP contribution in [-0.2, 0) is 29.6 Å². The number of rotatable bonds is 10. The molecular formula is C20H29N3O8S2. The first kappa shape index (κ1) is 25.6. The fourth-order valence-corrected chi connectivity index (χ4v) is 8.01. The van der Waals surface area contributed by atoms with Crippen molar-refractivity contribution in [3.05, 3.63) is 24.3 Å². The molecule has 33 heavy (non-hydrogen) atoms. The molecule has 2 aliphatic carbocycles. The molecule has 3 rings (SSSR count). The summed E-state index contributed by atoms with van der Waals surface area (Å²) in [6.07, 6.45) is 1.58. The third-order valence-electron chi connectivity index (χ3n) is 7.18. The lowest BCUT2D eigenvalue weighted by molar-refractivity contribution is -0.130. The molecule has 2 bridgehead atoms. The second-order valence-electron chi connectivity index (χ2n) is 9.10. The molecule has 3 unspecified atom stereocenters. The fraction of sp³-hybridized carbons (Fsp3) is 0.600. The molecule has 1 aromatic rings. The SMILES string of the molecule is COc1ccc(S(=O)(=O)NC(CNS(=O)(=O)CC23CCC(CC2=O)C3(C)C)C(=O)NO)cc1. The van der Waals surface area contributed by atoms with Crippen LogP contribution in [0.2, 0.25) is 0 Å². The van der Waals surface area contributed by atoms with Gasteiger partial charge in [-0.2, -0.15) is 4.72 Å². The zero-order chi connectivity index (χ0) is 24.7. The Kier molecular flexibility index (Phi) is 6.93. The summed E-state index contributed by atoms with van der Waals surface area (Å²) in [6.45, 7) is 3.14. The highest BCUT2D eigenvalue weighted by Crippen LogP contribution is 2.64. The number of fused-ring (bicyclic) bond motifs is 2. The molecule has 2 saturated carbocycles. The van der Waals surface area contributed by atoms with E-state index < -0.39 is 55.1 Å². The highest BCUT2D eigenvalue weighted by molar-refractivity contribution is 7.90. The number of methoxy groups -OCH3 is 1. The summed E-state index contributed by atoms with van der Waals surface area (Å²) in [4.78, 5) is 24.5. The minimum absolute atomic E-state index is 0.0843. The van der Waals surface area contributed by atoms with Crippen LogP contribution >= 0.6 is 0 Å².